The zero-order chi connectivity index (χ0) is 21.3. The minimum Gasteiger partial charge on any atom is -0.390 e. The van der Waals surface area contributed by atoms with Crippen LogP contribution < -0.4 is 0 Å². The summed E-state index contributed by atoms with van der Waals surface area (Å²) >= 11 is 0. The lowest BCUT2D eigenvalue weighted by molar-refractivity contribution is -0.00734. The average molecular weight is 415 g/mol. The lowest BCUT2D eigenvalue weighted by Gasteiger charge is -2.27. The van der Waals surface area contributed by atoms with Gasteiger partial charge in [0.2, 0.25) is 0 Å². The van der Waals surface area contributed by atoms with Crippen molar-refractivity contribution in [2.75, 3.05) is 26.3 Å². The Bertz CT molecular complexity index is 813. The lowest BCUT2D eigenvalue weighted by Crippen LogP contribution is -2.39. The third kappa shape index (κ3) is 6.90. The highest BCUT2D eigenvalue weighted by Crippen LogP contribution is 2.20. The molecule has 162 valence electrons. The maximum atomic E-state index is 14.1. The highest BCUT2D eigenvalue weighted by molar-refractivity contribution is 6.01. The van der Waals surface area contributed by atoms with Crippen molar-refractivity contribution in [1.29, 1.82) is 0 Å². The summed E-state index contributed by atoms with van der Waals surface area (Å²) in [4.78, 5) is 7.75. The number of hydrogen-bond acceptors (Lipinski definition) is 5. The van der Waals surface area contributed by atoms with E-state index in [1.807, 2.05) is 18.2 Å². The first-order valence-electron chi connectivity index (χ1n) is 10.5. The van der Waals surface area contributed by atoms with Crippen LogP contribution in [0.2, 0.25) is 0 Å². The third-order valence-electron chi connectivity index (χ3n) is 4.86. The molecular formula is C24H31FN2O3. The maximum Gasteiger partial charge on any atom is 0.145 e. The number of nitrogens with zero attached hydrogens (tertiary/aromatic N) is 2. The first-order chi connectivity index (χ1) is 14.5. The van der Waals surface area contributed by atoms with E-state index in [2.05, 4.69) is 36.0 Å². The van der Waals surface area contributed by atoms with Crippen LogP contribution in [-0.4, -0.2) is 54.2 Å². The summed E-state index contributed by atoms with van der Waals surface area (Å²) in [5.41, 5.74) is 2.26. The SMILES string of the molecule is CC(C)COC[C@@H](O)CN(Cc1ccccc1)C[C@@H]1CC(c2ccccc2F)=NO1. The molecule has 0 saturated carbocycles. The van der Waals surface area contributed by atoms with Gasteiger partial charge in [-0.3, -0.25) is 4.90 Å². The topological polar surface area (TPSA) is 54.3 Å². The van der Waals surface area contributed by atoms with E-state index in [0.717, 1.165) is 5.56 Å². The Morgan fingerprint density at radius 3 is 2.60 bits per heavy atom. The van der Waals surface area contributed by atoms with Crippen molar-refractivity contribution >= 4 is 5.71 Å². The number of aliphatic hydroxyl groups is 1. The van der Waals surface area contributed by atoms with Gasteiger partial charge >= 0.3 is 0 Å². The minimum atomic E-state index is -0.596. The van der Waals surface area contributed by atoms with E-state index in [9.17, 15) is 9.50 Å². The van der Waals surface area contributed by atoms with Gasteiger partial charge in [-0.15, -0.1) is 0 Å². The lowest BCUT2D eigenvalue weighted by atomic mass is 10.0. The molecule has 1 N–H and O–H groups in total. The number of ether oxygens (including phenoxy) is 1. The van der Waals surface area contributed by atoms with E-state index in [1.54, 1.807) is 18.2 Å². The standard InChI is InChI=1S/C24H31FN2O3/c1-18(2)16-29-17-20(28)14-27(13-19-8-4-3-5-9-19)15-21-12-24(26-30-21)22-10-6-7-11-23(22)25/h3-11,18,20-21,28H,12-17H2,1-2H3/t20-,21-/m0/s1. The predicted molar refractivity (Wildman–Crippen MR) is 116 cm³/mol. The second-order valence-electron chi connectivity index (χ2n) is 8.21. The van der Waals surface area contributed by atoms with Gasteiger partial charge in [-0.1, -0.05) is 67.5 Å². The number of aliphatic hydroxyl groups excluding tert-OH is 1. The van der Waals surface area contributed by atoms with Gasteiger partial charge < -0.3 is 14.7 Å². The Balaban J connectivity index is 1.59. The van der Waals surface area contributed by atoms with E-state index in [-0.39, 0.29) is 11.9 Å². The van der Waals surface area contributed by atoms with Crippen molar-refractivity contribution in [1.82, 2.24) is 4.90 Å². The van der Waals surface area contributed by atoms with Gasteiger partial charge in [0, 0.05) is 38.2 Å². The summed E-state index contributed by atoms with van der Waals surface area (Å²) in [7, 11) is 0. The Kier molecular flexibility index (Phi) is 8.37. The number of oxime groups is 1. The molecule has 0 aliphatic carbocycles. The Morgan fingerprint density at radius 2 is 1.87 bits per heavy atom. The van der Waals surface area contributed by atoms with Crippen LogP contribution in [0.1, 0.15) is 31.4 Å². The number of halogens is 1. The normalized spacial score (nSPS) is 17.3. The van der Waals surface area contributed by atoms with Crippen LogP contribution in [0.25, 0.3) is 0 Å². The van der Waals surface area contributed by atoms with Gasteiger partial charge in [-0.05, 0) is 17.5 Å². The zero-order valence-corrected chi connectivity index (χ0v) is 17.7. The number of hydrogen-bond donors (Lipinski definition) is 1. The predicted octanol–water partition coefficient (Wildman–Crippen LogP) is 3.85. The van der Waals surface area contributed by atoms with E-state index in [1.165, 1.54) is 6.07 Å². The van der Waals surface area contributed by atoms with Gasteiger partial charge in [0.25, 0.3) is 0 Å². The van der Waals surface area contributed by atoms with Crippen LogP contribution in [0.15, 0.2) is 59.8 Å². The third-order valence-corrected chi connectivity index (χ3v) is 4.86. The Labute approximate surface area is 178 Å². The highest BCUT2D eigenvalue weighted by atomic mass is 19.1. The van der Waals surface area contributed by atoms with Crippen LogP contribution in [0.5, 0.6) is 0 Å². The van der Waals surface area contributed by atoms with E-state index < -0.39 is 6.10 Å². The molecule has 30 heavy (non-hydrogen) atoms. The molecular weight excluding hydrogens is 383 g/mol. The molecule has 0 radical (unpaired) electrons. The van der Waals surface area contributed by atoms with Crippen LogP contribution in [0.3, 0.4) is 0 Å². The molecule has 2 atom stereocenters. The molecule has 0 amide bonds. The van der Waals surface area contributed by atoms with Gasteiger partial charge in [-0.25, -0.2) is 4.39 Å². The molecule has 6 heteroatoms. The van der Waals surface area contributed by atoms with E-state index in [0.29, 0.717) is 56.5 Å². The molecule has 0 unspecified atom stereocenters. The van der Waals surface area contributed by atoms with Crippen LogP contribution in [0, 0.1) is 11.7 Å². The summed E-state index contributed by atoms with van der Waals surface area (Å²) in [6.45, 7) is 6.81. The van der Waals surface area contributed by atoms with Crippen molar-refractivity contribution in [2.24, 2.45) is 11.1 Å². The van der Waals surface area contributed by atoms with Gasteiger partial charge in [0.15, 0.2) is 0 Å². The monoisotopic (exact) mass is 414 g/mol. The van der Waals surface area contributed by atoms with Crippen LogP contribution in [-0.2, 0) is 16.1 Å². The zero-order valence-electron chi connectivity index (χ0n) is 17.7. The fourth-order valence-corrected chi connectivity index (χ4v) is 3.50. The van der Waals surface area contributed by atoms with Crippen molar-refractivity contribution in [3.63, 3.8) is 0 Å². The number of benzene rings is 2. The van der Waals surface area contributed by atoms with Gasteiger partial charge in [0.1, 0.15) is 11.9 Å². The van der Waals surface area contributed by atoms with E-state index >= 15 is 0 Å². The molecule has 0 fully saturated rings. The molecule has 2 aromatic rings. The fraction of sp³-hybridized carbons (Fsp3) is 0.458. The molecule has 5 nitrogen and oxygen atoms in total. The van der Waals surface area contributed by atoms with Crippen LogP contribution in [0.4, 0.5) is 4.39 Å². The molecule has 1 heterocycles. The first kappa shape index (κ1) is 22.4. The summed E-state index contributed by atoms with van der Waals surface area (Å²) in [5, 5.41) is 14.6. The summed E-state index contributed by atoms with van der Waals surface area (Å²) in [6, 6.07) is 16.7. The maximum absolute atomic E-state index is 14.1. The smallest absolute Gasteiger partial charge is 0.145 e. The quantitative estimate of drug-likeness (QED) is 0.607. The number of rotatable bonds is 11. The van der Waals surface area contributed by atoms with Gasteiger partial charge in [0.05, 0.1) is 18.4 Å². The van der Waals surface area contributed by atoms with Crippen molar-refractivity contribution in [3.8, 4) is 0 Å². The molecule has 1 aliphatic rings. The van der Waals surface area contributed by atoms with E-state index in [4.69, 9.17) is 9.57 Å². The fourth-order valence-electron chi connectivity index (χ4n) is 3.50. The van der Waals surface area contributed by atoms with Crippen molar-refractivity contribution in [3.05, 3.63) is 71.5 Å². The Morgan fingerprint density at radius 1 is 1.13 bits per heavy atom. The molecule has 0 bridgehead atoms. The molecule has 1 aliphatic heterocycles. The minimum absolute atomic E-state index is 0.188. The molecule has 0 spiro atoms. The summed E-state index contributed by atoms with van der Waals surface area (Å²) in [6.07, 6.45) is -0.250. The largest absolute Gasteiger partial charge is 0.390 e. The molecule has 0 aromatic heterocycles. The molecule has 3 rings (SSSR count). The van der Waals surface area contributed by atoms with Gasteiger partial charge in [-0.2, -0.15) is 0 Å². The second kappa shape index (κ2) is 11.2. The highest BCUT2D eigenvalue weighted by Gasteiger charge is 2.27. The molecule has 2 aromatic carbocycles. The van der Waals surface area contributed by atoms with Crippen molar-refractivity contribution in [2.45, 2.75) is 39.0 Å². The second-order valence-corrected chi connectivity index (χ2v) is 8.21. The summed E-state index contributed by atoms with van der Waals surface area (Å²) < 4.78 is 19.7. The molecule has 0 saturated heterocycles. The van der Waals surface area contributed by atoms with Crippen molar-refractivity contribution < 1.29 is 19.1 Å². The first-order valence-corrected chi connectivity index (χ1v) is 10.5. The van der Waals surface area contributed by atoms with Crippen LogP contribution >= 0.6 is 0 Å². The Hall–Kier alpha value is -2.28. The summed E-state index contributed by atoms with van der Waals surface area (Å²) in [5.74, 6) is 0.137. The average Bonchev–Trinajstić information content (AvgIpc) is 3.17.